The van der Waals surface area contributed by atoms with Gasteiger partial charge >= 0.3 is 0 Å². The summed E-state index contributed by atoms with van der Waals surface area (Å²) in [5.74, 6) is 1.52. The van der Waals surface area contributed by atoms with Crippen LogP contribution >= 0.6 is 24.2 Å². The summed E-state index contributed by atoms with van der Waals surface area (Å²) >= 11 is 9.73. The molecule has 4 heteroatoms. The second kappa shape index (κ2) is 2.62. The smallest absolute Gasteiger partial charge is 0.128 e. The summed E-state index contributed by atoms with van der Waals surface area (Å²) in [5, 5.41) is 0.652. The SMILES string of the molecule is Cn1c(Cl)cnc1CS. The van der Waals surface area contributed by atoms with Crippen LogP contribution in [0.15, 0.2) is 6.20 Å². The minimum Gasteiger partial charge on any atom is -0.322 e. The summed E-state index contributed by atoms with van der Waals surface area (Å²) in [7, 11) is 1.86. The first-order valence-corrected chi connectivity index (χ1v) is 3.53. The third-order valence-corrected chi connectivity index (χ3v) is 1.80. The average molecular weight is 163 g/mol. The molecule has 0 atom stereocenters. The zero-order valence-corrected chi connectivity index (χ0v) is 6.65. The molecule has 1 aromatic heterocycles. The van der Waals surface area contributed by atoms with E-state index in [-0.39, 0.29) is 0 Å². The minimum atomic E-state index is 0.628. The van der Waals surface area contributed by atoms with Crippen molar-refractivity contribution in [3.8, 4) is 0 Å². The van der Waals surface area contributed by atoms with Crippen LogP contribution in [-0.4, -0.2) is 9.55 Å². The number of aromatic nitrogens is 2. The molecule has 9 heavy (non-hydrogen) atoms. The molecule has 0 N–H and O–H groups in total. The van der Waals surface area contributed by atoms with Crippen molar-refractivity contribution in [2.45, 2.75) is 5.75 Å². The van der Waals surface area contributed by atoms with Crippen molar-refractivity contribution in [2.24, 2.45) is 7.05 Å². The number of nitrogens with zero attached hydrogens (tertiary/aromatic N) is 2. The molecule has 0 aromatic carbocycles. The van der Waals surface area contributed by atoms with Crippen molar-refractivity contribution in [2.75, 3.05) is 0 Å². The van der Waals surface area contributed by atoms with Crippen molar-refractivity contribution in [1.29, 1.82) is 0 Å². The second-order valence-corrected chi connectivity index (χ2v) is 2.42. The lowest BCUT2D eigenvalue weighted by atomic mass is 10.7. The van der Waals surface area contributed by atoms with Crippen LogP contribution in [0, 0.1) is 0 Å². The number of hydrogen-bond acceptors (Lipinski definition) is 2. The van der Waals surface area contributed by atoms with Gasteiger partial charge in [-0.2, -0.15) is 12.6 Å². The Bertz CT molecular complexity index is 209. The predicted octanol–water partition coefficient (Wildman–Crippen LogP) is 1.50. The van der Waals surface area contributed by atoms with Crippen LogP contribution in [-0.2, 0) is 12.8 Å². The Morgan fingerprint density at radius 3 is 2.78 bits per heavy atom. The Morgan fingerprint density at radius 2 is 2.56 bits per heavy atom. The molecule has 0 aliphatic rings. The summed E-state index contributed by atoms with van der Waals surface area (Å²) in [6.07, 6.45) is 1.62. The molecule has 50 valence electrons. The third-order valence-electron chi connectivity index (χ3n) is 1.17. The zero-order chi connectivity index (χ0) is 6.85. The summed E-state index contributed by atoms with van der Waals surface area (Å²) in [4.78, 5) is 3.99. The summed E-state index contributed by atoms with van der Waals surface area (Å²) in [5.41, 5.74) is 0. The molecule has 0 aliphatic heterocycles. The van der Waals surface area contributed by atoms with Crippen molar-refractivity contribution in [1.82, 2.24) is 9.55 Å². The first-order valence-electron chi connectivity index (χ1n) is 2.52. The zero-order valence-electron chi connectivity index (χ0n) is 5.00. The lowest BCUT2D eigenvalue weighted by Crippen LogP contribution is -1.93. The first kappa shape index (κ1) is 6.96. The van der Waals surface area contributed by atoms with E-state index in [2.05, 4.69) is 17.6 Å². The maximum atomic E-state index is 5.67. The molecule has 1 heterocycles. The number of imidazole rings is 1. The van der Waals surface area contributed by atoms with Gasteiger partial charge in [0.05, 0.1) is 6.20 Å². The topological polar surface area (TPSA) is 17.8 Å². The maximum absolute atomic E-state index is 5.67. The Morgan fingerprint density at radius 1 is 1.89 bits per heavy atom. The highest BCUT2D eigenvalue weighted by molar-refractivity contribution is 7.79. The van der Waals surface area contributed by atoms with Gasteiger partial charge in [-0.25, -0.2) is 4.98 Å². The molecule has 0 spiro atoms. The van der Waals surface area contributed by atoms with Gasteiger partial charge in [0.2, 0.25) is 0 Å². The lowest BCUT2D eigenvalue weighted by Gasteiger charge is -1.95. The van der Waals surface area contributed by atoms with Crippen molar-refractivity contribution in [3.63, 3.8) is 0 Å². The van der Waals surface area contributed by atoms with Gasteiger partial charge in [-0.1, -0.05) is 11.6 Å². The molecule has 0 unspecified atom stereocenters. The second-order valence-electron chi connectivity index (χ2n) is 1.71. The molecule has 0 saturated carbocycles. The monoisotopic (exact) mass is 162 g/mol. The molecule has 0 aliphatic carbocycles. The van der Waals surface area contributed by atoms with Crippen LogP contribution in [0.5, 0.6) is 0 Å². The van der Waals surface area contributed by atoms with E-state index in [1.807, 2.05) is 7.05 Å². The van der Waals surface area contributed by atoms with E-state index >= 15 is 0 Å². The van der Waals surface area contributed by atoms with Gasteiger partial charge in [0.15, 0.2) is 0 Å². The summed E-state index contributed by atoms with van der Waals surface area (Å²) in [6, 6.07) is 0. The van der Waals surface area contributed by atoms with E-state index in [9.17, 15) is 0 Å². The third kappa shape index (κ3) is 1.22. The minimum absolute atomic E-state index is 0.628. The molecule has 0 bridgehead atoms. The molecule has 0 saturated heterocycles. The van der Waals surface area contributed by atoms with E-state index < -0.39 is 0 Å². The van der Waals surface area contributed by atoms with Crippen LogP contribution in [0.4, 0.5) is 0 Å². The van der Waals surface area contributed by atoms with Crippen LogP contribution < -0.4 is 0 Å². The average Bonchev–Trinajstić information content (AvgIpc) is 2.15. The standard InChI is InChI=1S/C5H7ClN2S/c1-8-4(6)2-7-5(8)3-9/h2,9H,3H2,1H3. The van der Waals surface area contributed by atoms with Crippen molar-refractivity contribution in [3.05, 3.63) is 17.2 Å². The van der Waals surface area contributed by atoms with Crippen LogP contribution in [0.25, 0.3) is 0 Å². The summed E-state index contributed by atoms with van der Waals surface area (Å²) < 4.78 is 1.80. The van der Waals surface area contributed by atoms with E-state index in [0.29, 0.717) is 10.9 Å². The van der Waals surface area contributed by atoms with Gasteiger partial charge in [0, 0.05) is 12.8 Å². The largest absolute Gasteiger partial charge is 0.322 e. The highest BCUT2D eigenvalue weighted by atomic mass is 35.5. The lowest BCUT2D eigenvalue weighted by molar-refractivity contribution is 0.851. The van der Waals surface area contributed by atoms with Crippen LogP contribution in [0.3, 0.4) is 0 Å². The first-order chi connectivity index (χ1) is 4.25. The number of rotatable bonds is 1. The fourth-order valence-corrected chi connectivity index (χ4v) is 1.01. The van der Waals surface area contributed by atoms with Gasteiger partial charge in [-0.15, -0.1) is 0 Å². The highest BCUT2D eigenvalue weighted by Gasteiger charge is 1.99. The normalized spacial score (nSPS) is 10.1. The Kier molecular flexibility index (Phi) is 2.03. The molecule has 1 rings (SSSR count). The summed E-state index contributed by atoms with van der Waals surface area (Å²) in [6.45, 7) is 0. The van der Waals surface area contributed by atoms with Crippen molar-refractivity contribution < 1.29 is 0 Å². The number of hydrogen-bond donors (Lipinski definition) is 1. The van der Waals surface area contributed by atoms with Gasteiger partial charge in [-0.3, -0.25) is 0 Å². The Labute approximate surface area is 64.3 Å². The Hall–Kier alpha value is -0.150. The van der Waals surface area contributed by atoms with E-state index in [4.69, 9.17) is 11.6 Å². The molecular formula is C5H7ClN2S. The molecule has 2 nitrogen and oxygen atoms in total. The van der Waals surface area contributed by atoms with E-state index in [1.54, 1.807) is 10.8 Å². The van der Waals surface area contributed by atoms with Gasteiger partial charge in [0.1, 0.15) is 11.0 Å². The van der Waals surface area contributed by atoms with Gasteiger partial charge < -0.3 is 4.57 Å². The fraction of sp³-hybridized carbons (Fsp3) is 0.400. The van der Waals surface area contributed by atoms with E-state index in [0.717, 1.165) is 5.82 Å². The predicted molar refractivity (Wildman–Crippen MR) is 40.9 cm³/mol. The quantitative estimate of drug-likeness (QED) is 0.620. The maximum Gasteiger partial charge on any atom is 0.128 e. The van der Waals surface area contributed by atoms with Crippen molar-refractivity contribution >= 4 is 24.2 Å². The van der Waals surface area contributed by atoms with Crippen LogP contribution in [0.2, 0.25) is 5.15 Å². The number of thiol groups is 1. The van der Waals surface area contributed by atoms with Gasteiger partial charge in [0.25, 0.3) is 0 Å². The molecule has 1 aromatic rings. The van der Waals surface area contributed by atoms with Crippen LogP contribution in [0.1, 0.15) is 5.82 Å². The molecule has 0 fully saturated rings. The highest BCUT2D eigenvalue weighted by Crippen LogP contribution is 2.09. The Balaban J connectivity index is 3.04. The molecule has 0 amide bonds. The fourth-order valence-electron chi connectivity index (χ4n) is 0.571. The number of halogens is 1. The molecular weight excluding hydrogens is 156 g/mol. The molecule has 0 radical (unpaired) electrons. The van der Waals surface area contributed by atoms with Gasteiger partial charge in [-0.05, 0) is 0 Å². The van der Waals surface area contributed by atoms with E-state index in [1.165, 1.54) is 0 Å².